The van der Waals surface area contributed by atoms with Gasteiger partial charge in [0.25, 0.3) is 0 Å². The fourth-order valence-electron chi connectivity index (χ4n) is 1.93. The van der Waals surface area contributed by atoms with E-state index in [0.717, 1.165) is 11.1 Å². The zero-order chi connectivity index (χ0) is 11.0. The molecule has 2 rings (SSSR count). The number of nitrogens with zero attached hydrogens (tertiary/aromatic N) is 1. The quantitative estimate of drug-likeness (QED) is 0.345. The third-order valence-corrected chi connectivity index (χ3v) is 3.46. The molecule has 3 nitrogen and oxygen atoms in total. The molecule has 1 aliphatic carbocycles. The Hall–Kier alpha value is -0.930. The highest BCUT2D eigenvalue weighted by Crippen LogP contribution is 2.36. The molecule has 0 saturated carbocycles. The Kier molecular flexibility index (Phi) is 2.76. The Morgan fingerprint density at radius 3 is 2.13 bits per heavy atom. The van der Waals surface area contributed by atoms with Gasteiger partial charge in [0.15, 0.2) is 0 Å². The maximum Gasteiger partial charge on any atom is 0.142 e. The van der Waals surface area contributed by atoms with Gasteiger partial charge in [-0.05, 0) is 36.1 Å². The van der Waals surface area contributed by atoms with Crippen molar-refractivity contribution in [3.05, 3.63) is 33.3 Å². The van der Waals surface area contributed by atoms with Crippen LogP contribution in [0.2, 0.25) is 10.0 Å². The van der Waals surface area contributed by atoms with Crippen molar-refractivity contribution in [3.63, 3.8) is 0 Å². The molecular weight excluding hydrogens is 235 g/mol. The summed E-state index contributed by atoms with van der Waals surface area (Å²) >= 11 is 12.1. The summed E-state index contributed by atoms with van der Waals surface area (Å²) in [6, 6.07) is 3.55. The molecule has 0 fully saturated rings. The van der Waals surface area contributed by atoms with Gasteiger partial charge in [0.2, 0.25) is 0 Å². The minimum absolute atomic E-state index is 0.00222. The summed E-state index contributed by atoms with van der Waals surface area (Å²) in [5, 5.41) is 13.0. The Labute approximate surface area is 97.5 Å². The Bertz CT molecular complexity index is 401. The highest BCUT2D eigenvalue weighted by molar-refractivity contribution is 6.34. The first kappa shape index (κ1) is 10.6. The van der Waals surface area contributed by atoms with Crippen LogP contribution < -0.4 is 5.73 Å². The molecular formula is C10H10Cl2N2O. The van der Waals surface area contributed by atoms with Gasteiger partial charge in [0.05, 0.1) is 0 Å². The molecule has 0 spiro atoms. The summed E-state index contributed by atoms with van der Waals surface area (Å²) < 4.78 is 0. The Balaban J connectivity index is 2.38. The van der Waals surface area contributed by atoms with Gasteiger partial charge in [-0.2, -0.15) is 0 Å². The molecule has 1 aliphatic rings. The van der Waals surface area contributed by atoms with Crippen LogP contribution in [0.1, 0.15) is 11.1 Å². The fourth-order valence-corrected chi connectivity index (χ4v) is 2.44. The molecule has 0 atom stereocenters. The molecule has 0 saturated heterocycles. The molecule has 0 radical (unpaired) electrons. The summed E-state index contributed by atoms with van der Waals surface area (Å²) in [5.74, 6) is 0.237. The van der Waals surface area contributed by atoms with Crippen molar-refractivity contribution in [1.82, 2.24) is 0 Å². The Morgan fingerprint density at radius 1 is 1.27 bits per heavy atom. The van der Waals surface area contributed by atoms with Crippen molar-refractivity contribution in [2.45, 2.75) is 12.8 Å². The number of amidine groups is 1. The maximum absolute atomic E-state index is 8.61. The van der Waals surface area contributed by atoms with Crippen molar-refractivity contribution in [3.8, 4) is 0 Å². The molecule has 1 aromatic carbocycles. The average molecular weight is 245 g/mol. The van der Waals surface area contributed by atoms with E-state index >= 15 is 0 Å². The largest absolute Gasteiger partial charge is 0.409 e. The van der Waals surface area contributed by atoms with Gasteiger partial charge >= 0.3 is 0 Å². The van der Waals surface area contributed by atoms with Crippen molar-refractivity contribution in [1.29, 1.82) is 0 Å². The number of rotatable bonds is 1. The van der Waals surface area contributed by atoms with Crippen molar-refractivity contribution in [2.24, 2.45) is 16.8 Å². The summed E-state index contributed by atoms with van der Waals surface area (Å²) in [6.07, 6.45) is 1.37. The normalized spacial score (nSPS) is 16.8. The predicted octanol–water partition coefficient (Wildman–Crippen LogP) is 2.45. The number of hydrogen-bond donors (Lipinski definition) is 2. The second kappa shape index (κ2) is 3.91. The minimum atomic E-state index is 0.00222. The van der Waals surface area contributed by atoms with Crippen LogP contribution in [0, 0.1) is 5.92 Å². The predicted molar refractivity (Wildman–Crippen MR) is 60.8 cm³/mol. The van der Waals surface area contributed by atoms with E-state index < -0.39 is 0 Å². The van der Waals surface area contributed by atoms with Gasteiger partial charge in [-0.15, -0.1) is 0 Å². The molecule has 1 aromatic rings. The zero-order valence-corrected chi connectivity index (χ0v) is 9.39. The van der Waals surface area contributed by atoms with Gasteiger partial charge in [0.1, 0.15) is 5.84 Å². The number of fused-ring (bicyclic) bond motifs is 1. The van der Waals surface area contributed by atoms with Crippen LogP contribution in [0.3, 0.4) is 0 Å². The highest BCUT2D eigenvalue weighted by Gasteiger charge is 2.28. The topological polar surface area (TPSA) is 58.6 Å². The van der Waals surface area contributed by atoms with Crippen molar-refractivity contribution >= 4 is 29.0 Å². The summed E-state index contributed by atoms with van der Waals surface area (Å²) in [5.41, 5.74) is 7.60. The molecule has 15 heavy (non-hydrogen) atoms. The van der Waals surface area contributed by atoms with E-state index in [1.54, 1.807) is 12.1 Å². The second-order valence-corrected chi connectivity index (χ2v) is 4.43. The molecule has 80 valence electrons. The number of nitrogens with two attached hydrogens (primary N) is 1. The number of hydrogen-bond acceptors (Lipinski definition) is 2. The van der Waals surface area contributed by atoms with Crippen LogP contribution in [0.5, 0.6) is 0 Å². The zero-order valence-electron chi connectivity index (χ0n) is 7.87. The first-order chi connectivity index (χ1) is 7.13. The first-order valence-corrected chi connectivity index (χ1v) is 5.32. The minimum Gasteiger partial charge on any atom is -0.409 e. The summed E-state index contributed by atoms with van der Waals surface area (Å²) in [4.78, 5) is 0. The highest BCUT2D eigenvalue weighted by atomic mass is 35.5. The lowest BCUT2D eigenvalue weighted by Crippen LogP contribution is -2.23. The third kappa shape index (κ3) is 1.77. The lowest BCUT2D eigenvalue weighted by atomic mass is 10.1. The van der Waals surface area contributed by atoms with Crippen LogP contribution >= 0.6 is 23.2 Å². The number of benzene rings is 1. The number of oxime groups is 1. The molecule has 0 amide bonds. The molecule has 0 unspecified atom stereocenters. The van der Waals surface area contributed by atoms with Gasteiger partial charge in [-0.3, -0.25) is 0 Å². The molecule has 0 aromatic heterocycles. The monoisotopic (exact) mass is 244 g/mol. The van der Waals surface area contributed by atoms with Gasteiger partial charge in [-0.25, -0.2) is 0 Å². The van der Waals surface area contributed by atoms with Gasteiger partial charge in [-0.1, -0.05) is 28.4 Å². The second-order valence-electron chi connectivity index (χ2n) is 3.62. The van der Waals surface area contributed by atoms with E-state index in [9.17, 15) is 0 Å². The van der Waals surface area contributed by atoms with Gasteiger partial charge < -0.3 is 10.9 Å². The SMILES string of the molecule is N/C(=N\O)C1Cc2c(Cl)ccc(Cl)c2C1. The van der Waals surface area contributed by atoms with Crippen LogP contribution in [-0.4, -0.2) is 11.0 Å². The first-order valence-electron chi connectivity index (χ1n) is 4.56. The lowest BCUT2D eigenvalue weighted by molar-refractivity contribution is 0.314. The maximum atomic E-state index is 8.61. The smallest absolute Gasteiger partial charge is 0.142 e. The summed E-state index contributed by atoms with van der Waals surface area (Å²) in [7, 11) is 0. The van der Waals surface area contributed by atoms with E-state index in [-0.39, 0.29) is 11.8 Å². The summed E-state index contributed by atoms with van der Waals surface area (Å²) in [6.45, 7) is 0. The van der Waals surface area contributed by atoms with Crippen LogP contribution in [-0.2, 0) is 12.8 Å². The molecule has 5 heteroatoms. The van der Waals surface area contributed by atoms with Crippen LogP contribution in [0.25, 0.3) is 0 Å². The van der Waals surface area contributed by atoms with E-state index in [2.05, 4.69) is 5.16 Å². The molecule has 0 heterocycles. The average Bonchev–Trinajstić information content (AvgIpc) is 2.68. The van der Waals surface area contributed by atoms with Crippen LogP contribution in [0.15, 0.2) is 17.3 Å². The molecule has 0 bridgehead atoms. The van der Waals surface area contributed by atoms with Crippen molar-refractivity contribution in [2.75, 3.05) is 0 Å². The molecule has 0 aliphatic heterocycles. The fraction of sp³-hybridized carbons (Fsp3) is 0.300. The van der Waals surface area contributed by atoms with Crippen molar-refractivity contribution < 1.29 is 5.21 Å². The Morgan fingerprint density at radius 2 is 1.73 bits per heavy atom. The van der Waals surface area contributed by atoms with E-state index in [4.69, 9.17) is 34.1 Å². The van der Waals surface area contributed by atoms with Crippen LogP contribution in [0.4, 0.5) is 0 Å². The molecule has 3 N–H and O–H groups in total. The van der Waals surface area contributed by atoms with E-state index in [1.165, 1.54) is 0 Å². The third-order valence-electron chi connectivity index (χ3n) is 2.75. The standard InChI is InChI=1S/C10H10Cl2N2O/c11-8-1-2-9(12)7-4-5(3-6(7)8)10(13)14-15/h1-2,5,15H,3-4H2,(H2,13,14). The van der Waals surface area contributed by atoms with E-state index in [1.807, 2.05) is 0 Å². The lowest BCUT2D eigenvalue weighted by Gasteiger charge is -2.04. The van der Waals surface area contributed by atoms with Gasteiger partial charge in [0, 0.05) is 16.0 Å². The number of halogens is 2. The van der Waals surface area contributed by atoms with E-state index in [0.29, 0.717) is 22.9 Å².